The number of carbonyl (C=O) groups excluding carboxylic acids is 1. The van der Waals surface area contributed by atoms with E-state index in [4.69, 9.17) is 0 Å². The molecule has 0 aliphatic rings. The molecule has 2 rings (SSSR count). The summed E-state index contributed by atoms with van der Waals surface area (Å²) in [6.07, 6.45) is 0.153. The second-order valence-corrected chi connectivity index (χ2v) is 8.29. The van der Waals surface area contributed by atoms with Crippen LogP contribution in [0.1, 0.15) is 19.4 Å². The predicted molar refractivity (Wildman–Crippen MR) is 108 cm³/mol. The molecule has 7 heteroatoms. The highest BCUT2D eigenvalue weighted by molar-refractivity contribution is 7.89. The third kappa shape index (κ3) is 5.74. The molecule has 28 heavy (non-hydrogen) atoms. The second kappa shape index (κ2) is 9.61. The first kappa shape index (κ1) is 21.8. The van der Waals surface area contributed by atoms with E-state index < -0.39 is 26.8 Å². The van der Waals surface area contributed by atoms with Crippen LogP contribution in [0.5, 0.6) is 0 Å². The Balaban J connectivity index is 2.36. The van der Waals surface area contributed by atoms with Crippen LogP contribution in [0.3, 0.4) is 0 Å². The van der Waals surface area contributed by atoms with Gasteiger partial charge >= 0.3 is 0 Å². The zero-order chi connectivity index (χ0) is 20.7. The molecule has 1 amide bonds. The second-order valence-electron chi connectivity index (χ2n) is 6.60. The van der Waals surface area contributed by atoms with Gasteiger partial charge in [-0.3, -0.25) is 4.79 Å². The van der Waals surface area contributed by atoms with Crippen LogP contribution in [0.2, 0.25) is 0 Å². The summed E-state index contributed by atoms with van der Waals surface area (Å²) in [7, 11) is -4.22. The van der Waals surface area contributed by atoms with Gasteiger partial charge in [0, 0.05) is 13.1 Å². The molecule has 0 spiro atoms. The summed E-state index contributed by atoms with van der Waals surface area (Å²) in [5.74, 6) is -1.25. The molecular weight excluding hydrogens is 379 g/mol. The van der Waals surface area contributed by atoms with Gasteiger partial charge in [0.1, 0.15) is 16.8 Å². The molecule has 1 N–H and O–H groups in total. The van der Waals surface area contributed by atoms with E-state index in [1.807, 2.05) is 37.3 Å². The first-order chi connectivity index (χ1) is 13.2. The van der Waals surface area contributed by atoms with Gasteiger partial charge in [-0.05, 0) is 38.0 Å². The highest BCUT2D eigenvalue weighted by Crippen LogP contribution is 2.16. The first-order valence-electron chi connectivity index (χ1n) is 8.98. The van der Waals surface area contributed by atoms with E-state index in [1.165, 1.54) is 23.1 Å². The highest BCUT2D eigenvalue weighted by atomic mass is 32.2. The minimum Gasteiger partial charge on any atom is -0.338 e. The van der Waals surface area contributed by atoms with Crippen molar-refractivity contribution < 1.29 is 17.6 Å². The summed E-state index contributed by atoms with van der Waals surface area (Å²) in [4.78, 5) is 14.1. The number of nitrogens with one attached hydrogen (secondary N) is 1. The van der Waals surface area contributed by atoms with E-state index in [9.17, 15) is 17.6 Å². The number of hydrogen-bond acceptors (Lipinski definition) is 3. The SMILES string of the molecule is C=C(C)CN(CC)C(=O)[C@H](Cc1ccccc1)NS(=O)(=O)c1ccccc1F. The number of benzene rings is 2. The zero-order valence-corrected chi connectivity index (χ0v) is 16.9. The molecular formula is C21H25FN2O3S. The van der Waals surface area contributed by atoms with Crippen molar-refractivity contribution >= 4 is 15.9 Å². The highest BCUT2D eigenvalue weighted by Gasteiger charge is 2.30. The number of amides is 1. The van der Waals surface area contributed by atoms with E-state index in [0.29, 0.717) is 13.1 Å². The van der Waals surface area contributed by atoms with Crippen LogP contribution in [-0.4, -0.2) is 38.4 Å². The standard InChI is InChI=1S/C21H25FN2O3S/c1-4-24(15-16(2)3)21(25)19(14-17-10-6-5-7-11-17)23-28(26,27)20-13-9-8-12-18(20)22/h5-13,19,23H,2,4,14-15H2,1,3H3/t19-/m0/s1. The van der Waals surface area contributed by atoms with Gasteiger partial charge in [-0.1, -0.05) is 54.6 Å². The summed E-state index contributed by atoms with van der Waals surface area (Å²) in [6, 6.07) is 13.1. The van der Waals surface area contributed by atoms with Gasteiger partial charge < -0.3 is 4.90 Å². The third-order valence-corrected chi connectivity index (χ3v) is 5.66. The summed E-state index contributed by atoms with van der Waals surface area (Å²) in [5.41, 5.74) is 1.58. The Morgan fingerprint density at radius 3 is 2.32 bits per heavy atom. The maximum absolute atomic E-state index is 14.0. The van der Waals surface area contributed by atoms with Crippen molar-refractivity contribution in [3.63, 3.8) is 0 Å². The Hall–Kier alpha value is -2.51. The summed E-state index contributed by atoms with van der Waals surface area (Å²) in [5, 5.41) is 0. The summed E-state index contributed by atoms with van der Waals surface area (Å²) in [6.45, 7) is 8.15. The van der Waals surface area contributed by atoms with E-state index in [-0.39, 0.29) is 12.3 Å². The molecule has 0 unspecified atom stereocenters. The molecule has 5 nitrogen and oxygen atoms in total. The molecule has 0 bridgehead atoms. The van der Waals surface area contributed by atoms with Crippen molar-refractivity contribution in [3.8, 4) is 0 Å². The number of hydrogen-bond donors (Lipinski definition) is 1. The normalized spacial score (nSPS) is 12.4. The lowest BCUT2D eigenvalue weighted by Crippen LogP contribution is -2.50. The van der Waals surface area contributed by atoms with Crippen molar-refractivity contribution in [2.24, 2.45) is 0 Å². The number of halogens is 1. The van der Waals surface area contributed by atoms with Gasteiger partial charge in [-0.15, -0.1) is 0 Å². The predicted octanol–water partition coefficient (Wildman–Crippen LogP) is 3.14. The fourth-order valence-electron chi connectivity index (χ4n) is 2.83. The lowest BCUT2D eigenvalue weighted by Gasteiger charge is -2.27. The molecule has 0 saturated carbocycles. The molecule has 0 radical (unpaired) electrons. The van der Waals surface area contributed by atoms with Gasteiger partial charge in [-0.2, -0.15) is 4.72 Å². The molecule has 0 aliphatic carbocycles. The minimum atomic E-state index is -4.22. The number of carbonyl (C=O) groups is 1. The fourth-order valence-corrected chi connectivity index (χ4v) is 4.10. The van der Waals surface area contributed by atoms with Crippen molar-refractivity contribution in [3.05, 3.63) is 78.1 Å². The van der Waals surface area contributed by atoms with E-state index >= 15 is 0 Å². The average molecular weight is 405 g/mol. The number of sulfonamides is 1. The number of nitrogens with zero attached hydrogens (tertiary/aromatic N) is 1. The van der Waals surface area contributed by atoms with E-state index in [0.717, 1.165) is 17.2 Å². The summed E-state index contributed by atoms with van der Waals surface area (Å²) >= 11 is 0. The van der Waals surface area contributed by atoms with Crippen molar-refractivity contribution in [2.45, 2.75) is 31.2 Å². The Morgan fingerprint density at radius 2 is 1.75 bits per heavy atom. The van der Waals surface area contributed by atoms with Gasteiger partial charge in [0.2, 0.25) is 15.9 Å². The quantitative estimate of drug-likeness (QED) is 0.653. The van der Waals surface area contributed by atoms with Crippen LogP contribution in [0.4, 0.5) is 4.39 Å². The largest absolute Gasteiger partial charge is 0.338 e. The monoisotopic (exact) mass is 404 g/mol. The molecule has 2 aromatic rings. The lowest BCUT2D eigenvalue weighted by atomic mass is 10.1. The van der Waals surface area contributed by atoms with Gasteiger partial charge in [0.15, 0.2) is 0 Å². The minimum absolute atomic E-state index is 0.153. The average Bonchev–Trinajstić information content (AvgIpc) is 2.65. The van der Waals surface area contributed by atoms with Crippen molar-refractivity contribution in [2.75, 3.05) is 13.1 Å². The molecule has 150 valence electrons. The Morgan fingerprint density at radius 1 is 1.14 bits per heavy atom. The molecule has 2 aromatic carbocycles. The number of rotatable bonds is 9. The maximum Gasteiger partial charge on any atom is 0.244 e. The van der Waals surface area contributed by atoms with Crippen molar-refractivity contribution in [1.29, 1.82) is 0 Å². The van der Waals surface area contributed by atoms with Crippen LogP contribution in [0.25, 0.3) is 0 Å². The molecule has 0 fully saturated rings. The third-order valence-electron chi connectivity index (χ3n) is 4.16. The molecule has 0 aromatic heterocycles. The smallest absolute Gasteiger partial charge is 0.244 e. The number of likely N-dealkylation sites (N-methyl/N-ethyl adjacent to an activating group) is 1. The molecule has 0 saturated heterocycles. The zero-order valence-electron chi connectivity index (χ0n) is 16.1. The van der Waals surface area contributed by atoms with Crippen LogP contribution < -0.4 is 4.72 Å². The first-order valence-corrected chi connectivity index (χ1v) is 10.5. The van der Waals surface area contributed by atoms with Crippen molar-refractivity contribution in [1.82, 2.24) is 9.62 Å². The van der Waals surface area contributed by atoms with Crippen LogP contribution >= 0.6 is 0 Å². The van der Waals surface area contributed by atoms with Crippen LogP contribution in [0, 0.1) is 5.82 Å². The van der Waals surface area contributed by atoms with Gasteiger partial charge in [-0.25, -0.2) is 12.8 Å². The van der Waals surface area contributed by atoms with Crippen LogP contribution in [0.15, 0.2) is 71.6 Å². The van der Waals surface area contributed by atoms with E-state index in [1.54, 1.807) is 6.92 Å². The van der Waals surface area contributed by atoms with Crippen LogP contribution in [-0.2, 0) is 21.2 Å². The maximum atomic E-state index is 14.0. The lowest BCUT2D eigenvalue weighted by molar-refractivity contribution is -0.132. The van der Waals surface area contributed by atoms with Gasteiger partial charge in [0.25, 0.3) is 0 Å². The van der Waals surface area contributed by atoms with E-state index in [2.05, 4.69) is 11.3 Å². The Kier molecular flexibility index (Phi) is 7.48. The Labute approximate surface area is 165 Å². The fraction of sp³-hybridized carbons (Fsp3) is 0.286. The van der Waals surface area contributed by atoms with Gasteiger partial charge in [0.05, 0.1) is 0 Å². The topological polar surface area (TPSA) is 66.5 Å². The summed E-state index contributed by atoms with van der Waals surface area (Å²) < 4.78 is 41.9. The molecule has 1 atom stereocenters. The Bertz CT molecular complexity index is 930. The molecule has 0 aliphatic heterocycles. The molecule has 0 heterocycles.